The van der Waals surface area contributed by atoms with E-state index in [1.54, 1.807) is 0 Å². The minimum atomic E-state index is -0.910. The maximum Gasteiger partial charge on any atom is 0.237 e. The molecule has 4 aromatic carbocycles. The fraction of sp³-hybridized carbons (Fsp3) is 0.263. The second-order valence-corrected chi connectivity index (χ2v) is 10.7. The third kappa shape index (κ3) is 7.08. The molecule has 0 amide bonds. The van der Waals surface area contributed by atoms with Crippen LogP contribution in [0.3, 0.4) is 0 Å². The highest BCUT2D eigenvalue weighted by Gasteiger charge is 2.30. The molecule has 4 rings (SSSR count). The van der Waals surface area contributed by atoms with Crippen molar-refractivity contribution in [2.24, 2.45) is 0 Å². The van der Waals surface area contributed by atoms with Crippen molar-refractivity contribution in [1.82, 2.24) is 0 Å². The summed E-state index contributed by atoms with van der Waals surface area (Å²) < 4.78 is 54.5. The van der Waals surface area contributed by atoms with Crippen LogP contribution in [0.5, 0.6) is 57.5 Å². The second-order valence-electron chi connectivity index (χ2n) is 10.7. The highest BCUT2D eigenvalue weighted by Crippen LogP contribution is 2.45. The van der Waals surface area contributed by atoms with Crippen molar-refractivity contribution in [2.45, 2.75) is 0 Å². The molecule has 0 aliphatic heterocycles. The second kappa shape index (κ2) is 16.5. The zero-order valence-corrected chi connectivity index (χ0v) is 30.3. The van der Waals surface area contributed by atoms with E-state index in [1.807, 2.05) is 0 Å². The lowest BCUT2D eigenvalue weighted by atomic mass is 9.93. The van der Waals surface area contributed by atoms with Gasteiger partial charge in [-0.15, -0.1) is 0 Å². The van der Waals surface area contributed by atoms with E-state index >= 15 is 0 Å². The summed E-state index contributed by atoms with van der Waals surface area (Å²) in [6.07, 6.45) is 0. The highest BCUT2D eigenvalue weighted by molar-refractivity contribution is 6.50. The summed E-state index contributed by atoms with van der Waals surface area (Å²) in [5.41, 5.74) is 0.461. The predicted octanol–water partition coefficient (Wildman–Crippen LogP) is 5.57. The number of ketones is 4. The molecular weight excluding hydrogens is 680 g/mol. The van der Waals surface area contributed by atoms with Gasteiger partial charge in [0.25, 0.3) is 0 Å². The molecule has 0 saturated heterocycles. The number of carbonyl (C=O) groups excluding carboxylic acids is 4. The Kier molecular flexibility index (Phi) is 12.2. The van der Waals surface area contributed by atoms with E-state index in [-0.39, 0.29) is 79.7 Å². The molecule has 0 heterocycles. The average Bonchev–Trinajstić information content (AvgIpc) is 3.19. The first-order valence-electron chi connectivity index (χ1n) is 15.3. The van der Waals surface area contributed by atoms with Crippen molar-refractivity contribution in [3.8, 4) is 68.6 Å². The number of benzene rings is 4. The van der Waals surface area contributed by atoms with E-state index in [0.717, 1.165) is 0 Å². The minimum absolute atomic E-state index is 0.0164. The van der Waals surface area contributed by atoms with Crippen molar-refractivity contribution in [3.63, 3.8) is 0 Å². The van der Waals surface area contributed by atoms with Gasteiger partial charge in [-0.25, -0.2) is 0 Å². The Labute approximate surface area is 299 Å². The van der Waals surface area contributed by atoms with Gasteiger partial charge in [0.1, 0.15) is 23.0 Å². The SMILES string of the molecule is COc1cc(-c2cc(OC)c(C(=O)C(=O)c3cc(OC)c(OC)c(OC)c3)cc2OC)c(OC)cc1C(=O)C(=O)c1cc(OC)c(OC)c(OC)c1. The summed E-state index contributed by atoms with van der Waals surface area (Å²) in [7, 11) is 13.8. The van der Waals surface area contributed by atoms with Gasteiger partial charge >= 0.3 is 0 Å². The van der Waals surface area contributed by atoms with Gasteiger partial charge in [0, 0.05) is 22.3 Å². The number of rotatable bonds is 17. The van der Waals surface area contributed by atoms with Crippen molar-refractivity contribution in [2.75, 3.05) is 71.1 Å². The lowest BCUT2D eigenvalue weighted by molar-refractivity contribution is 0.0814. The fourth-order valence-electron chi connectivity index (χ4n) is 5.50. The first-order valence-corrected chi connectivity index (χ1v) is 15.3. The van der Waals surface area contributed by atoms with Crippen LogP contribution in [0.2, 0.25) is 0 Å². The topological polar surface area (TPSA) is 161 Å². The highest BCUT2D eigenvalue weighted by atomic mass is 16.5. The molecule has 0 aromatic heterocycles. The van der Waals surface area contributed by atoms with Crippen LogP contribution in [0.25, 0.3) is 11.1 Å². The van der Waals surface area contributed by atoms with Gasteiger partial charge in [0.05, 0.1) is 82.2 Å². The number of hydrogen-bond acceptors (Lipinski definition) is 14. The zero-order valence-electron chi connectivity index (χ0n) is 30.3. The Morgan fingerprint density at radius 1 is 0.308 bits per heavy atom. The molecule has 0 spiro atoms. The quantitative estimate of drug-likeness (QED) is 0.0984. The number of methoxy groups -OCH3 is 10. The standard InChI is InChI=1S/C38H38O14/c1-43-25-17-23(35(41)33(39)19-11-29(47-5)37(51-9)30(12-19)48-6)27(45-3)15-21(25)22-16-28(46-4)24(18-26(22)44-2)36(42)34(40)20-13-31(49-7)38(52-10)32(14-20)50-8/h11-18H,1-10H3. The van der Waals surface area contributed by atoms with Gasteiger partial charge in [-0.3, -0.25) is 19.2 Å². The van der Waals surface area contributed by atoms with Crippen molar-refractivity contribution < 1.29 is 66.5 Å². The normalized spacial score (nSPS) is 10.4. The van der Waals surface area contributed by atoms with Gasteiger partial charge in [0.2, 0.25) is 34.6 Å². The Morgan fingerprint density at radius 3 is 0.808 bits per heavy atom. The molecule has 0 aliphatic carbocycles. The lowest BCUT2D eigenvalue weighted by Crippen LogP contribution is -2.17. The van der Waals surface area contributed by atoms with Crippen molar-refractivity contribution in [1.29, 1.82) is 0 Å². The molecule has 52 heavy (non-hydrogen) atoms. The van der Waals surface area contributed by atoms with Gasteiger partial charge < -0.3 is 47.4 Å². The molecule has 0 bridgehead atoms. The molecule has 0 aliphatic rings. The summed E-state index contributed by atoms with van der Waals surface area (Å²) in [6.45, 7) is 0. The summed E-state index contributed by atoms with van der Waals surface area (Å²) in [5, 5.41) is 0. The summed E-state index contributed by atoms with van der Waals surface area (Å²) >= 11 is 0. The van der Waals surface area contributed by atoms with Crippen molar-refractivity contribution >= 4 is 23.1 Å². The largest absolute Gasteiger partial charge is 0.496 e. The molecule has 14 heteroatoms. The maximum atomic E-state index is 13.7. The Balaban J connectivity index is 1.81. The van der Waals surface area contributed by atoms with Crippen LogP contribution < -0.4 is 47.4 Å². The lowest BCUT2D eigenvalue weighted by Gasteiger charge is -2.19. The first kappa shape index (κ1) is 38.4. The van der Waals surface area contributed by atoms with Crippen LogP contribution in [0.1, 0.15) is 41.4 Å². The third-order valence-corrected chi connectivity index (χ3v) is 8.09. The van der Waals surface area contributed by atoms with Gasteiger partial charge in [-0.2, -0.15) is 0 Å². The number of carbonyl (C=O) groups is 4. The van der Waals surface area contributed by atoms with E-state index in [4.69, 9.17) is 47.4 Å². The van der Waals surface area contributed by atoms with Gasteiger partial charge in [-0.1, -0.05) is 0 Å². The predicted molar refractivity (Wildman–Crippen MR) is 188 cm³/mol. The van der Waals surface area contributed by atoms with Crippen LogP contribution in [-0.2, 0) is 0 Å². The van der Waals surface area contributed by atoms with E-state index < -0.39 is 23.1 Å². The smallest absolute Gasteiger partial charge is 0.237 e. The van der Waals surface area contributed by atoms with E-state index in [0.29, 0.717) is 11.1 Å². The molecule has 0 atom stereocenters. The average molecular weight is 719 g/mol. The molecule has 4 aromatic rings. The Bertz CT molecular complexity index is 1840. The molecule has 0 saturated carbocycles. The summed E-state index contributed by atoms with van der Waals surface area (Å²) in [6, 6.07) is 11.1. The molecule has 0 N–H and O–H groups in total. The van der Waals surface area contributed by atoms with Crippen LogP contribution in [0, 0.1) is 0 Å². The third-order valence-electron chi connectivity index (χ3n) is 8.09. The summed E-state index contributed by atoms with van der Waals surface area (Å²) in [4.78, 5) is 54.5. The number of Topliss-reactive ketones (excluding diaryl/α,β-unsaturated/α-hetero) is 4. The molecule has 0 unspecified atom stereocenters. The molecular formula is C38H38O14. The van der Waals surface area contributed by atoms with Crippen LogP contribution in [0.15, 0.2) is 48.5 Å². The Morgan fingerprint density at radius 2 is 0.577 bits per heavy atom. The number of hydrogen-bond donors (Lipinski definition) is 0. The van der Waals surface area contributed by atoms with E-state index in [1.165, 1.54) is 120 Å². The van der Waals surface area contributed by atoms with Crippen LogP contribution in [-0.4, -0.2) is 94.2 Å². The van der Waals surface area contributed by atoms with Crippen LogP contribution >= 0.6 is 0 Å². The molecule has 14 nitrogen and oxygen atoms in total. The van der Waals surface area contributed by atoms with Gasteiger partial charge in [0.15, 0.2) is 23.0 Å². The van der Waals surface area contributed by atoms with Crippen LogP contribution in [0.4, 0.5) is 0 Å². The fourth-order valence-corrected chi connectivity index (χ4v) is 5.50. The minimum Gasteiger partial charge on any atom is -0.496 e. The molecule has 0 fully saturated rings. The van der Waals surface area contributed by atoms with E-state index in [2.05, 4.69) is 0 Å². The van der Waals surface area contributed by atoms with Crippen molar-refractivity contribution in [3.05, 3.63) is 70.8 Å². The monoisotopic (exact) mass is 718 g/mol. The van der Waals surface area contributed by atoms with E-state index in [9.17, 15) is 19.2 Å². The Hall–Kier alpha value is -6.44. The summed E-state index contributed by atoms with van der Waals surface area (Å²) in [5.74, 6) is -1.99. The maximum absolute atomic E-state index is 13.7. The molecule has 274 valence electrons. The first-order chi connectivity index (χ1) is 25.0. The zero-order chi connectivity index (χ0) is 38.3. The molecule has 0 radical (unpaired) electrons. The number of ether oxygens (including phenoxy) is 10. The van der Waals surface area contributed by atoms with Gasteiger partial charge in [-0.05, 0) is 48.5 Å².